The van der Waals surface area contributed by atoms with Crippen LogP contribution in [0.2, 0.25) is 0 Å². The van der Waals surface area contributed by atoms with Gasteiger partial charge < -0.3 is 4.90 Å². The first kappa shape index (κ1) is 13.9. The normalized spacial score (nSPS) is 10.1. The van der Waals surface area contributed by atoms with Crippen LogP contribution in [0.3, 0.4) is 0 Å². The molecule has 5 heteroatoms. The molecule has 1 heterocycles. The zero-order valence-electron chi connectivity index (χ0n) is 11.7. The highest BCUT2D eigenvalue weighted by atomic mass is 16.2. The van der Waals surface area contributed by atoms with Gasteiger partial charge in [-0.05, 0) is 19.1 Å². The minimum absolute atomic E-state index is 0.206. The standard InChI is InChI=1S/C15H18N4O/c1-4-10-18(3)15(20)16-14-11-12(2)19(17-14)13-8-6-5-7-9-13/h4-9,11H,1,10H2,2-3H3,(H,16,17,20). The molecule has 0 unspecified atom stereocenters. The van der Waals surface area contributed by atoms with Gasteiger partial charge in [0, 0.05) is 25.4 Å². The van der Waals surface area contributed by atoms with Gasteiger partial charge in [-0.25, -0.2) is 9.48 Å². The number of anilines is 1. The van der Waals surface area contributed by atoms with E-state index in [-0.39, 0.29) is 6.03 Å². The fraction of sp³-hybridized carbons (Fsp3) is 0.200. The maximum Gasteiger partial charge on any atom is 0.323 e. The highest BCUT2D eigenvalue weighted by Crippen LogP contribution is 2.14. The molecule has 0 fully saturated rings. The topological polar surface area (TPSA) is 50.2 Å². The van der Waals surface area contributed by atoms with Crippen molar-refractivity contribution in [3.05, 3.63) is 54.7 Å². The molecule has 1 N–H and O–H groups in total. The number of hydrogen-bond donors (Lipinski definition) is 1. The largest absolute Gasteiger partial charge is 0.324 e. The number of hydrogen-bond acceptors (Lipinski definition) is 2. The van der Waals surface area contributed by atoms with Crippen molar-refractivity contribution >= 4 is 11.8 Å². The van der Waals surface area contributed by atoms with Gasteiger partial charge in [-0.3, -0.25) is 5.32 Å². The Morgan fingerprint density at radius 3 is 2.80 bits per heavy atom. The van der Waals surface area contributed by atoms with Crippen LogP contribution in [0.1, 0.15) is 5.69 Å². The lowest BCUT2D eigenvalue weighted by molar-refractivity contribution is 0.226. The molecule has 2 amide bonds. The Labute approximate surface area is 118 Å². The summed E-state index contributed by atoms with van der Waals surface area (Å²) >= 11 is 0. The molecule has 0 bridgehead atoms. The molecule has 0 aliphatic heterocycles. The Hall–Kier alpha value is -2.56. The second-order valence-electron chi connectivity index (χ2n) is 4.52. The number of nitrogens with one attached hydrogen (secondary N) is 1. The van der Waals surface area contributed by atoms with Crippen LogP contribution in [0, 0.1) is 6.92 Å². The number of carbonyl (C=O) groups excluding carboxylic acids is 1. The number of carbonyl (C=O) groups is 1. The third kappa shape index (κ3) is 3.06. The average molecular weight is 270 g/mol. The van der Waals surface area contributed by atoms with Gasteiger partial charge in [-0.15, -0.1) is 11.7 Å². The minimum atomic E-state index is -0.206. The lowest BCUT2D eigenvalue weighted by Crippen LogP contribution is -2.31. The predicted octanol–water partition coefficient (Wildman–Crippen LogP) is 2.83. The van der Waals surface area contributed by atoms with Crippen LogP contribution in [0.25, 0.3) is 5.69 Å². The molecule has 0 spiro atoms. The Bertz CT molecular complexity index is 604. The molecule has 2 rings (SSSR count). The van der Waals surface area contributed by atoms with Crippen molar-refractivity contribution in [1.29, 1.82) is 0 Å². The average Bonchev–Trinajstić information content (AvgIpc) is 2.80. The Kier molecular flexibility index (Phi) is 4.20. The van der Waals surface area contributed by atoms with Crippen molar-refractivity contribution in [3.8, 4) is 5.69 Å². The van der Waals surface area contributed by atoms with Gasteiger partial charge >= 0.3 is 6.03 Å². The molecule has 1 aromatic carbocycles. The summed E-state index contributed by atoms with van der Waals surface area (Å²) in [4.78, 5) is 13.4. The lowest BCUT2D eigenvalue weighted by Gasteiger charge is -2.14. The molecule has 104 valence electrons. The fourth-order valence-electron chi connectivity index (χ4n) is 1.85. The highest BCUT2D eigenvalue weighted by molar-refractivity contribution is 5.88. The molecule has 0 aliphatic rings. The van der Waals surface area contributed by atoms with E-state index >= 15 is 0 Å². The zero-order chi connectivity index (χ0) is 14.5. The summed E-state index contributed by atoms with van der Waals surface area (Å²) in [6, 6.07) is 11.4. The second kappa shape index (κ2) is 6.06. The first-order valence-electron chi connectivity index (χ1n) is 6.37. The summed E-state index contributed by atoms with van der Waals surface area (Å²) in [6.07, 6.45) is 1.67. The predicted molar refractivity (Wildman–Crippen MR) is 80.1 cm³/mol. The number of rotatable bonds is 4. The van der Waals surface area contributed by atoms with E-state index in [2.05, 4.69) is 17.0 Å². The second-order valence-corrected chi connectivity index (χ2v) is 4.52. The molecular formula is C15H18N4O. The summed E-state index contributed by atoms with van der Waals surface area (Å²) in [5.41, 5.74) is 1.92. The molecular weight excluding hydrogens is 252 g/mol. The molecule has 5 nitrogen and oxygen atoms in total. The van der Waals surface area contributed by atoms with Crippen molar-refractivity contribution in [2.24, 2.45) is 0 Å². The summed E-state index contributed by atoms with van der Waals surface area (Å²) in [6.45, 7) is 6.04. The number of aromatic nitrogens is 2. The molecule has 1 aromatic heterocycles. The first-order valence-corrected chi connectivity index (χ1v) is 6.37. The number of nitrogens with zero attached hydrogens (tertiary/aromatic N) is 3. The van der Waals surface area contributed by atoms with E-state index in [9.17, 15) is 4.79 Å². The Morgan fingerprint density at radius 1 is 1.45 bits per heavy atom. The SMILES string of the molecule is C=CCN(C)C(=O)Nc1cc(C)n(-c2ccccc2)n1. The zero-order valence-corrected chi connectivity index (χ0v) is 11.7. The van der Waals surface area contributed by atoms with Gasteiger partial charge in [0.2, 0.25) is 0 Å². The van der Waals surface area contributed by atoms with E-state index in [0.29, 0.717) is 12.4 Å². The number of para-hydroxylation sites is 1. The molecule has 0 atom stereocenters. The maximum absolute atomic E-state index is 11.9. The van der Waals surface area contributed by atoms with Gasteiger partial charge in [0.25, 0.3) is 0 Å². The molecule has 2 aromatic rings. The Morgan fingerprint density at radius 2 is 2.15 bits per heavy atom. The summed E-state index contributed by atoms with van der Waals surface area (Å²) in [5, 5.41) is 7.16. The Balaban J connectivity index is 2.16. The van der Waals surface area contributed by atoms with E-state index < -0.39 is 0 Å². The highest BCUT2D eigenvalue weighted by Gasteiger charge is 2.11. The van der Waals surface area contributed by atoms with Crippen LogP contribution in [0.5, 0.6) is 0 Å². The number of urea groups is 1. The van der Waals surface area contributed by atoms with Crippen molar-refractivity contribution < 1.29 is 4.79 Å². The van der Waals surface area contributed by atoms with E-state index in [1.807, 2.05) is 43.3 Å². The van der Waals surface area contributed by atoms with E-state index in [1.54, 1.807) is 17.8 Å². The quantitative estimate of drug-likeness (QED) is 0.868. The first-order chi connectivity index (χ1) is 9.61. The number of aryl methyl sites for hydroxylation is 1. The van der Waals surface area contributed by atoms with Gasteiger partial charge in [0.1, 0.15) is 0 Å². The summed E-state index contributed by atoms with van der Waals surface area (Å²) in [5.74, 6) is 0.535. The molecule has 0 radical (unpaired) electrons. The van der Waals surface area contributed by atoms with Crippen molar-refractivity contribution in [3.63, 3.8) is 0 Å². The van der Waals surface area contributed by atoms with Crippen LogP contribution < -0.4 is 5.32 Å². The van der Waals surface area contributed by atoms with E-state index in [0.717, 1.165) is 11.4 Å². The van der Waals surface area contributed by atoms with Crippen LogP contribution in [-0.4, -0.2) is 34.3 Å². The molecule has 0 saturated carbocycles. The van der Waals surface area contributed by atoms with Crippen molar-refractivity contribution in [2.75, 3.05) is 18.9 Å². The smallest absolute Gasteiger partial charge is 0.323 e. The van der Waals surface area contributed by atoms with Crippen molar-refractivity contribution in [2.45, 2.75) is 6.92 Å². The summed E-state index contributed by atoms with van der Waals surface area (Å²) in [7, 11) is 1.71. The minimum Gasteiger partial charge on any atom is -0.324 e. The van der Waals surface area contributed by atoms with Crippen LogP contribution in [-0.2, 0) is 0 Å². The van der Waals surface area contributed by atoms with E-state index in [4.69, 9.17) is 0 Å². The number of amides is 2. The maximum atomic E-state index is 11.9. The third-order valence-electron chi connectivity index (χ3n) is 2.87. The molecule has 0 aliphatic carbocycles. The van der Waals surface area contributed by atoms with Gasteiger partial charge in [0.15, 0.2) is 5.82 Å². The number of benzene rings is 1. The van der Waals surface area contributed by atoms with E-state index in [1.165, 1.54) is 4.90 Å². The van der Waals surface area contributed by atoms with Crippen LogP contribution in [0.4, 0.5) is 10.6 Å². The fourth-order valence-corrected chi connectivity index (χ4v) is 1.85. The summed E-state index contributed by atoms with van der Waals surface area (Å²) < 4.78 is 1.79. The number of likely N-dealkylation sites (N-methyl/N-ethyl adjacent to an activating group) is 1. The third-order valence-corrected chi connectivity index (χ3v) is 2.87. The van der Waals surface area contributed by atoms with Crippen LogP contribution in [0.15, 0.2) is 49.1 Å². The van der Waals surface area contributed by atoms with Gasteiger partial charge in [-0.2, -0.15) is 0 Å². The monoisotopic (exact) mass is 270 g/mol. The van der Waals surface area contributed by atoms with Gasteiger partial charge in [-0.1, -0.05) is 24.3 Å². The van der Waals surface area contributed by atoms with Crippen LogP contribution >= 0.6 is 0 Å². The lowest BCUT2D eigenvalue weighted by atomic mass is 10.3. The molecule has 20 heavy (non-hydrogen) atoms. The molecule has 0 saturated heterocycles. The van der Waals surface area contributed by atoms with Crippen molar-refractivity contribution in [1.82, 2.24) is 14.7 Å². The van der Waals surface area contributed by atoms with Gasteiger partial charge in [0.05, 0.1) is 5.69 Å².